The molecular formula is C23H28ClFN2O5. The number of amides is 3. The maximum Gasteiger partial charge on any atom is 0.329 e. The average molecular weight is 467 g/mol. The molecule has 0 aliphatic carbocycles. The van der Waals surface area contributed by atoms with Gasteiger partial charge in [0.25, 0.3) is 0 Å². The second-order valence-electron chi connectivity index (χ2n) is 6.87. The highest BCUT2D eigenvalue weighted by Crippen LogP contribution is 2.32. The lowest BCUT2D eigenvalue weighted by Gasteiger charge is -2.22. The number of alkyl halides is 1. The van der Waals surface area contributed by atoms with Gasteiger partial charge in [0.2, 0.25) is 5.91 Å². The Morgan fingerprint density at radius 2 is 1.75 bits per heavy atom. The molecule has 0 fully saturated rings. The van der Waals surface area contributed by atoms with Crippen molar-refractivity contribution in [2.45, 2.75) is 32.7 Å². The molecule has 0 bridgehead atoms. The van der Waals surface area contributed by atoms with E-state index >= 15 is 0 Å². The Hall–Kier alpha value is -3.00. The van der Waals surface area contributed by atoms with Gasteiger partial charge in [0.15, 0.2) is 11.5 Å². The van der Waals surface area contributed by atoms with Crippen molar-refractivity contribution in [2.75, 3.05) is 31.6 Å². The van der Waals surface area contributed by atoms with Crippen LogP contribution < -0.4 is 24.4 Å². The van der Waals surface area contributed by atoms with Crippen LogP contribution in [-0.4, -0.2) is 38.6 Å². The van der Waals surface area contributed by atoms with Crippen LogP contribution in [0.15, 0.2) is 36.4 Å². The van der Waals surface area contributed by atoms with E-state index in [1.54, 1.807) is 18.2 Å². The normalized spacial score (nSPS) is 10.4. The number of hydrogen-bond acceptors (Lipinski definition) is 5. The smallest absolute Gasteiger partial charge is 0.329 e. The summed E-state index contributed by atoms with van der Waals surface area (Å²) in [6, 6.07) is 7.98. The molecule has 0 saturated heterocycles. The zero-order valence-electron chi connectivity index (χ0n) is 18.5. The summed E-state index contributed by atoms with van der Waals surface area (Å²) in [4.78, 5) is 26.3. The highest BCUT2D eigenvalue weighted by Gasteiger charge is 2.24. The fourth-order valence-electron chi connectivity index (χ4n) is 3.02. The molecule has 2 aromatic carbocycles. The molecule has 0 aliphatic heterocycles. The number of halogens is 2. The number of methoxy groups -OCH3 is 2. The Labute approximate surface area is 192 Å². The highest BCUT2D eigenvalue weighted by molar-refractivity contribution is 6.32. The van der Waals surface area contributed by atoms with Crippen molar-refractivity contribution in [3.8, 4) is 17.2 Å². The molecule has 9 heteroatoms. The van der Waals surface area contributed by atoms with Crippen LogP contribution in [0.3, 0.4) is 0 Å². The number of urea groups is 1. The van der Waals surface area contributed by atoms with E-state index in [-0.39, 0.29) is 12.2 Å². The van der Waals surface area contributed by atoms with Gasteiger partial charge in [0.05, 0.1) is 26.5 Å². The minimum atomic E-state index is -0.718. The summed E-state index contributed by atoms with van der Waals surface area (Å²) in [6.45, 7) is 2.51. The molecule has 0 aromatic heterocycles. The van der Waals surface area contributed by atoms with Gasteiger partial charge in [0.1, 0.15) is 17.4 Å². The Bertz CT molecular complexity index is 925. The fraction of sp³-hybridized carbons (Fsp3) is 0.391. The topological polar surface area (TPSA) is 77.1 Å². The van der Waals surface area contributed by atoms with Crippen molar-refractivity contribution in [3.63, 3.8) is 0 Å². The van der Waals surface area contributed by atoms with Gasteiger partial charge in [-0.1, -0.05) is 19.8 Å². The van der Waals surface area contributed by atoms with E-state index in [0.29, 0.717) is 29.4 Å². The zero-order valence-corrected chi connectivity index (χ0v) is 19.2. The van der Waals surface area contributed by atoms with E-state index < -0.39 is 23.6 Å². The molecular weight excluding hydrogens is 439 g/mol. The zero-order chi connectivity index (χ0) is 23.5. The molecule has 7 nitrogen and oxygen atoms in total. The first kappa shape index (κ1) is 25.3. The lowest BCUT2D eigenvalue weighted by atomic mass is 10.2. The fourth-order valence-corrected chi connectivity index (χ4v) is 3.14. The van der Waals surface area contributed by atoms with E-state index in [9.17, 15) is 14.0 Å². The van der Waals surface area contributed by atoms with E-state index in [0.717, 1.165) is 24.2 Å². The van der Waals surface area contributed by atoms with Crippen molar-refractivity contribution in [2.24, 2.45) is 0 Å². The Balaban J connectivity index is 2.24. The second-order valence-corrected chi connectivity index (χ2v) is 7.14. The summed E-state index contributed by atoms with van der Waals surface area (Å²) < 4.78 is 29.9. The molecule has 2 aromatic rings. The maximum atomic E-state index is 13.6. The molecule has 32 heavy (non-hydrogen) atoms. The van der Waals surface area contributed by atoms with Crippen LogP contribution in [0, 0.1) is 5.82 Å². The Morgan fingerprint density at radius 3 is 2.41 bits per heavy atom. The third-order valence-electron chi connectivity index (χ3n) is 4.65. The second kappa shape index (κ2) is 12.8. The Kier molecular flexibility index (Phi) is 10.1. The number of rotatable bonds is 11. The monoisotopic (exact) mass is 466 g/mol. The third kappa shape index (κ3) is 6.75. The number of unbranched alkanes of at least 4 members (excludes halogenated alkanes) is 2. The van der Waals surface area contributed by atoms with Crippen LogP contribution in [0.5, 0.6) is 17.2 Å². The number of nitrogens with one attached hydrogen (secondary N) is 1. The van der Waals surface area contributed by atoms with E-state index in [2.05, 4.69) is 12.2 Å². The minimum absolute atomic E-state index is 0.0532. The molecule has 174 valence electrons. The van der Waals surface area contributed by atoms with Crippen molar-refractivity contribution in [3.05, 3.63) is 47.8 Å². The van der Waals surface area contributed by atoms with Gasteiger partial charge in [-0.15, -0.1) is 11.6 Å². The molecule has 0 aliphatic rings. The van der Waals surface area contributed by atoms with Crippen molar-refractivity contribution in [1.82, 2.24) is 5.32 Å². The lowest BCUT2D eigenvalue weighted by molar-refractivity contribution is -0.115. The maximum absolute atomic E-state index is 13.6. The lowest BCUT2D eigenvalue weighted by Crippen LogP contribution is -2.44. The van der Waals surface area contributed by atoms with E-state index in [4.69, 9.17) is 25.8 Å². The molecule has 0 saturated carbocycles. The molecule has 2 rings (SSSR count). The molecule has 0 atom stereocenters. The van der Waals surface area contributed by atoms with E-state index in [1.165, 1.54) is 32.4 Å². The molecule has 0 heterocycles. The van der Waals surface area contributed by atoms with Gasteiger partial charge in [-0.2, -0.15) is 0 Å². The van der Waals surface area contributed by atoms with Crippen LogP contribution in [0.25, 0.3) is 0 Å². The summed E-state index contributed by atoms with van der Waals surface area (Å²) in [5.74, 6) is -0.202. The van der Waals surface area contributed by atoms with Crippen LogP contribution in [-0.2, 0) is 11.3 Å². The van der Waals surface area contributed by atoms with Gasteiger partial charge < -0.3 is 19.5 Å². The average Bonchev–Trinajstić information content (AvgIpc) is 2.80. The predicted octanol–water partition coefficient (Wildman–Crippen LogP) is 4.89. The van der Waals surface area contributed by atoms with Gasteiger partial charge in [0, 0.05) is 18.2 Å². The quantitative estimate of drug-likeness (QED) is 0.376. The molecule has 1 N–H and O–H groups in total. The van der Waals surface area contributed by atoms with Crippen molar-refractivity contribution < 1.29 is 28.2 Å². The number of benzene rings is 2. The number of ether oxygens (including phenoxy) is 3. The third-order valence-corrected chi connectivity index (χ3v) is 4.88. The summed E-state index contributed by atoms with van der Waals surface area (Å²) in [7, 11) is 2.95. The van der Waals surface area contributed by atoms with Crippen LogP contribution >= 0.6 is 11.6 Å². The minimum Gasteiger partial charge on any atom is -0.496 e. The number of nitrogens with zero attached hydrogens (tertiary/aromatic N) is 1. The highest BCUT2D eigenvalue weighted by atomic mass is 35.5. The van der Waals surface area contributed by atoms with E-state index in [1.807, 2.05) is 0 Å². The summed E-state index contributed by atoms with van der Waals surface area (Å²) in [5.41, 5.74) is 0.694. The molecule has 0 spiro atoms. The summed E-state index contributed by atoms with van der Waals surface area (Å²) >= 11 is 5.75. The van der Waals surface area contributed by atoms with Crippen LogP contribution in [0.2, 0.25) is 0 Å². The van der Waals surface area contributed by atoms with Crippen molar-refractivity contribution in [1.29, 1.82) is 0 Å². The molecule has 0 radical (unpaired) electrons. The summed E-state index contributed by atoms with van der Waals surface area (Å²) in [5, 5.41) is 2.61. The number of anilines is 1. The van der Waals surface area contributed by atoms with Gasteiger partial charge >= 0.3 is 6.03 Å². The van der Waals surface area contributed by atoms with Crippen molar-refractivity contribution >= 4 is 29.2 Å². The standard InChI is InChI=1S/C23H28ClFN2O5/c1-4-5-6-11-32-21-13-18(8-10-20(21)31-3)27(22(28)14-24)23(29)26-15-16-12-17(25)7-9-19(16)30-2/h7-10,12-13H,4-6,11,14-15H2,1-3H3,(H,26,29). The van der Waals surface area contributed by atoms with Gasteiger partial charge in [-0.05, 0) is 36.8 Å². The number of imide groups is 1. The van der Waals surface area contributed by atoms with Gasteiger partial charge in [-0.3, -0.25) is 4.79 Å². The number of hydrogen-bond donors (Lipinski definition) is 1. The molecule has 0 unspecified atom stereocenters. The van der Waals surface area contributed by atoms with Gasteiger partial charge in [-0.25, -0.2) is 14.1 Å². The Morgan fingerprint density at radius 1 is 1.03 bits per heavy atom. The molecule has 3 amide bonds. The van der Waals surface area contributed by atoms with Crippen LogP contribution in [0.4, 0.5) is 14.9 Å². The first-order valence-corrected chi connectivity index (χ1v) is 10.8. The van der Waals surface area contributed by atoms with Crippen LogP contribution in [0.1, 0.15) is 31.7 Å². The SMILES string of the molecule is CCCCCOc1cc(N(C(=O)CCl)C(=O)NCc2cc(F)ccc2OC)ccc1OC. The first-order valence-electron chi connectivity index (χ1n) is 10.2. The predicted molar refractivity (Wildman–Crippen MR) is 121 cm³/mol. The first-order chi connectivity index (χ1) is 15.4. The number of carbonyl (C=O) groups is 2. The largest absolute Gasteiger partial charge is 0.496 e. The summed E-state index contributed by atoms with van der Waals surface area (Å²) in [6.07, 6.45) is 2.93. The number of carbonyl (C=O) groups excluding carboxylic acids is 2.